The zero-order chi connectivity index (χ0) is 24.2. The van der Waals surface area contributed by atoms with E-state index < -0.39 is 0 Å². The summed E-state index contributed by atoms with van der Waals surface area (Å²) >= 11 is 1.52. The third-order valence-electron chi connectivity index (χ3n) is 7.16. The molecule has 1 fully saturated rings. The van der Waals surface area contributed by atoms with Crippen LogP contribution < -0.4 is 9.47 Å². The summed E-state index contributed by atoms with van der Waals surface area (Å²) in [4.78, 5) is 17.5. The molecule has 3 aromatic rings. The van der Waals surface area contributed by atoms with E-state index in [9.17, 15) is 9.18 Å². The van der Waals surface area contributed by atoms with Crippen molar-refractivity contribution in [2.45, 2.75) is 31.8 Å². The Morgan fingerprint density at radius 2 is 1.89 bits per heavy atom. The number of rotatable bonds is 7. The van der Waals surface area contributed by atoms with E-state index in [2.05, 4.69) is 17.0 Å². The molecule has 1 saturated heterocycles. The Bertz CT molecular complexity index is 1140. The summed E-state index contributed by atoms with van der Waals surface area (Å²) in [5.41, 5.74) is 2.58. The number of carbonyl (C=O) groups excluding carboxylic acids is 1. The number of amides is 1. The molecule has 3 heterocycles. The van der Waals surface area contributed by atoms with Gasteiger partial charge in [0.2, 0.25) is 0 Å². The van der Waals surface area contributed by atoms with Gasteiger partial charge in [-0.15, -0.1) is 0 Å². The van der Waals surface area contributed by atoms with Gasteiger partial charge in [0.15, 0.2) is 11.5 Å². The minimum atomic E-state index is -0.204. The average molecular weight is 495 g/mol. The Morgan fingerprint density at radius 1 is 1.11 bits per heavy atom. The number of nitrogens with zero attached hydrogens (tertiary/aromatic N) is 2. The maximum atomic E-state index is 14.6. The lowest BCUT2D eigenvalue weighted by molar-refractivity contribution is 0.0583. The van der Waals surface area contributed by atoms with Gasteiger partial charge in [-0.2, -0.15) is 11.3 Å². The quantitative estimate of drug-likeness (QED) is 0.450. The van der Waals surface area contributed by atoms with Crippen LogP contribution in [0.15, 0.2) is 59.3 Å². The van der Waals surface area contributed by atoms with E-state index >= 15 is 0 Å². The summed E-state index contributed by atoms with van der Waals surface area (Å²) in [6.45, 7) is 3.91. The number of ether oxygens (including phenoxy) is 2. The number of piperidine rings is 1. The summed E-state index contributed by atoms with van der Waals surface area (Å²) in [6.07, 6.45) is 2.45. The number of hydrogen-bond acceptors (Lipinski definition) is 5. The van der Waals surface area contributed by atoms with E-state index in [1.165, 1.54) is 23.0 Å². The highest BCUT2D eigenvalue weighted by Crippen LogP contribution is 2.33. The van der Waals surface area contributed by atoms with Gasteiger partial charge in [-0.1, -0.05) is 24.3 Å². The fourth-order valence-electron chi connectivity index (χ4n) is 5.19. The molecule has 7 heteroatoms. The van der Waals surface area contributed by atoms with Crippen molar-refractivity contribution in [2.75, 3.05) is 33.4 Å². The van der Waals surface area contributed by atoms with Crippen molar-refractivity contribution in [1.82, 2.24) is 9.80 Å². The van der Waals surface area contributed by atoms with Crippen LogP contribution in [0, 0.1) is 11.7 Å². The molecule has 5 rings (SSSR count). The summed E-state index contributed by atoms with van der Waals surface area (Å²) in [5.74, 6) is 1.74. The number of likely N-dealkylation sites (N-methyl/N-ethyl adjacent to an activating group) is 1. The first kappa shape index (κ1) is 23.8. The number of carbonyl (C=O) groups is 1. The fourth-order valence-corrected chi connectivity index (χ4v) is 5.82. The highest BCUT2D eigenvalue weighted by atomic mass is 32.1. The van der Waals surface area contributed by atoms with Crippen LogP contribution in [0.2, 0.25) is 0 Å². The van der Waals surface area contributed by atoms with E-state index in [0.29, 0.717) is 36.7 Å². The van der Waals surface area contributed by atoms with Gasteiger partial charge in [0, 0.05) is 25.0 Å². The van der Waals surface area contributed by atoms with Gasteiger partial charge >= 0.3 is 0 Å². The molecule has 0 bridgehead atoms. The molecule has 0 spiro atoms. The van der Waals surface area contributed by atoms with Gasteiger partial charge in [0.1, 0.15) is 19.0 Å². The molecule has 5 nitrogen and oxygen atoms in total. The molecule has 2 aromatic carbocycles. The lowest BCUT2D eigenvalue weighted by Crippen LogP contribution is -2.47. The maximum Gasteiger partial charge on any atom is 0.254 e. The summed E-state index contributed by atoms with van der Waals surface area (Å²) in [7, 11) is 1.87. The summed E-state index contributed by atoms with van der Waals surface area (Å²) < 4.78 is 25.9. The number of likely N-dealkylation sites (tertiary alicyclic amines) is 1. The molecule has 2 aliphatic rings. The first-order valence-electron chi connectivity index (χ1n) is 12.2. The number of hydrogen-bond donors (Lipinski definition) is 0. The van der Waals surface area contributed by atoms with E-state index in [0.717, 1.165) is 44.0 Å². The third-order valence-corrected chi connectivity index (χ3v) is 7.85. The molecule has 0 N–H and O–H groups in total. The SMILES string of the molecule is CN(C(=O)c1ccsc1)[C@H](Cc1ccccc1F)C1CCN(Cc2ccc3c(c2)OCCO3)CC1. The lowest BCUT2D eigenvalue weighted by atomic mass is 9.84. The van der Waals surface area contributed by atoms with Crippen LogP contribution in [0.25, 0.3) is 0 Å². The predicted octanol–water partition coefficient (Wildman–Crippen LogP) is 5.25. The zero-order valence-corrected chi connectivity index (χ0v) is 20.8. The smallest absolute Gasteiger partial charge is 0.254 e. The van der Waals surface area contributed by atoms with Crippen molar-refractivity contribution in [3.63, 3.8) is 0 Å². The van der Waals surface area contributed by atoms with Crippen molar-refractivity contribution in [3.8, 4) is 11.5 Å². The Kier molecular flexibility index (Phi) is 7.35. The highest BCUT2D eigenvalue weighted by Gasteiger charge is 2.32. The van der Waals surface area contributed by atoms with Crippen LogP contribution in [0.4, 0.5) is 4.39 Å². The first-order valence-corrected chi connectivity index (χ1v) is 13.2. The van der Waals surface area contributed by atoms with Gasteiger partial charge in [0.25, 0.3) is 5.91 Å². The first-order chi connectivity index (χ1) is 17.1. The van der Waals surface area contributed by atoms with Crippen molar-refractivity contribution < 1.29 is 18.7 Å². The summed E-state index contributed by atoms with van der Waals surface area (Å²) in [6, 6.07) is 14.9. The standard InChI is InChI=1S/C28H31FN2O3S/c1-30(28(32)23-10-15-35-19-23)25(17-22-4-2-3-5-24(22)29)21-8-11-31(12-9-21)18-20-6-7-26-27(16-20)34-14-13-33-26/h2-7,10,15-16,19,21,25H,8-9,11-14,17-18H2,1H3/t25-/m1/s1. The van der Waals surface area contributed by atoms with Crippen LogP contribution in [0.1, 0.15) is 34.3 Å². The number of thiophene rings is 1. The Hall–Kier alpha value is -2.90. The van der Waals surface area contributed by atoms with Crippen LogP contribution >= 0.6 is 11.3 Å². The second-order valence-corrected chi connectivity index (χ2v) is 10.2. The van der Waals surface area contributed by atoms with Crippen molar-refractivity contribution in [3.05, 3.63) is 81.8 Å². The summed E-state index contributed by atoms with van der Waals surface area (Å²) in [5, 5.41) is 3.80. The van der Waals surface area contributed by atoms with Crippen LogP contribution in [-0.4, -0.2) is 55.1 Å². The molecule has 184 valence electrons. The topological polar surface area (TPSA) is 42.0 Å². The van der Waals surface area contributed by atoms with Gasteiger partial charge < -0.3 is 14.4 Å². The van der Waals surface area contributed by atoms with Crippen molar-refractivity contribution >= 4 is 17.2 Å². The van der Waals surface area contributed by atoms with Crippen LogP contribution in [0.5, 0.6) is 11.5 Å². The van der Waals surface area contributed by atoms with Gasteiger partial charge in [-0.3, -0.25) is 9.69 Å². The number of halogens is 1. The normalized spacial score (nSPS) is 17.2. The Morgan fingerprint density at radius 3 is 2.63 bits per heavy atom. The molecule has 1 atom stereocenters. The number of fused-ring (bicyclic) bond motifs is 1. The predicted molar refractivity (Wildman–Crippen MR) is 136 cm³/mol. The van der Waals surface area contributed by atoms with Crippen molar-refractivity contribution in [2.24, 2.45) is 5.92 Å². The molecule has 2 aliphatic heterocycles. The Balaban J connectivity index is 1.27. The van der Waals surface area contributed by atoms with Crippen molar-refractivity contribution in [1.29, 1.82) is 0 Å². The van der Waals surface area contributed by atoms with E-state index in [1.54, 1.807) is 6.07 Å². The second kappa shape index (κ2) is 10.8. The maximum absolute atomic E-state index is 14.6. The van der Waals surface area contributed by atoms with E-state index in [-0.39, 0.29) is 17.8 Å². The number of benzene rings is 2. The van der Waals surface area contributed by atoms with E-state index in [1.807, 2.05) is 47.0 Å². The molecule has 1 amide bonds. The van der Waals surface area contributed by atoms with Gasteiger partial charge in [0.05, 0.1) is 5.56 Å². The second-order valence-electron chi connectivity index (χ2n) is 9.38. The Labute approximate surface area is 210 Å². The monoisotopic (exact) mass is 494 g/mol. The zero-order valence-electron chi connectivity index (χ0n) is 20.0. The fraction of sp³-hybridized carbons (Fsp3) is 0.393. The minimum absolute atomic E-state index is 0.00583. The molecule has 0 unspecified atom stereocenters. The molecule has 0 aliphatic carbocycles. The average Bonchev–Trinajstić information content (AvgIpc) is 3.43. The van der Waals surface area contributed by atoms with Gasteiger partial charge in [-0.25, -0.2) is 4.39 Å². The molecular formula is C28H31FN2O3S. The molecule has 0 radical (unpaired) electrons. The van der Waals surface area contributed by atoms with Gasteiger partial charge in [-0.05, 0) is 79.0 Å². The lowest BCUT2D eigenvalue weighted by Gasteiger charge is -2.40. The van der Waals surface area contributed by atoms with Crippen LogP contribution in [0.3, 0.4) is 0 Å². The molecule has 0 saturated carbocycles. The minimum Gasteiger partial charge on any atom is -0.486 e. The molecular weight excluding hydrogens is 463 g/mol. The largest absolute Gasteiger partial charge is 0.486 e. The molecule has 1 aromatic heterocycles. The van der Waals surface area contributed by atoms with Crippen LogP contribution in [-0.2, 0) is 13.0 Å². The third kappa shape index (κ3) is 5.52. The molecule has 35 heavy (non-hydrogen) atoms. The van der Waals surface area contributed by atoms with E-state index in [4.69, 9.17) is 9.47 Å². The highest BCUT2D eigenvalue weighted by molar-refractivity contribution is 7.08.